The van der Waals surface area contributed by atoms with Gasteiger partial charge >= 0.3 is 0 Å². The monoisotopic (exact) mass is 349 g/mol. The van der Waals surface area contributed by atoms with E-state index in [-0.39, 0.29) is 0 Å². The minimum absolute atomic E-state index is 0.537. The molecule has 1 N–H and O–H groups in total. The van der Waals surface area contributed by atoms with E-state index in [0.717, 1.165) is 20.7 Å². The molecule has 1 aliphatic carbocycles. The third kappa shape index (κ3) is 2.87. The molecule has 0 spiro atoms. The van der Waals surface area contributed by atoms with E-state index < -0.39 is 0 Å². The zero-order valence-corrected chi connectivity index (χ0v) is 13.7. The fourth-order valence-electron chi connectivity index (χ4n) is 2.71. The van der Waals surface area contributed by atoms with Crippen LogP contribution in [0.3, 0.4) is 0 Å². The van der Waals surface area contributed by atoms with Crippen LogP contribution in [0, 0.1) is 6.92 Å². The summed E-state index contributed by atoms with van der Waals surface area (Å²) in [6.45, 7) is 2.02. The van der Waals surface area contributed by atoms with E-state index in [1.54, 1.807) is 0 Å². The highest BCUT2D eigenvalue weighted by molar-refractivity contribution is 9.10. The first-order valence-corrected chi connectivity index (χ1v) is 8.07. The highest BCUT2D eigenvalue weighted by Gasteiger charge is 2.30. The summed E-state index contributed by atoms with van der Waals surface area (Å²) in [7, 11) is 0. The summed E-state index contributed by atoms with van der Waals surface area (Å²) in [6.07, 6.45) is 2.36. The van der Waals surface area contributed by atoms with Crippen molar-refractivity contribution in [2.45, 2.75) is 31.7 Å². The van der Waals surface area contributed by atoms with Crippen molar-refractivity contribution in [3.63, 3.8) is 0 Å². The van der Waals surface area contributed by atoms with Gasteiger partial charge in [0.15, 0.2) is 0 Å². The number of rotatable bonds is 3. The Bertz CT molecular complexity index is 606. The molecule has 1 saturated carbocycles. The molecular weight excluding hydrogens is 334 g/mol. The van der Waals surface area contributed by atoms with E-state index >= 15 is 0 Å². The maximum Gasteiger partial charge on any atom is 0.0501 e. The fourth-order valence-corrected chi connectivity index (χ4v) is 3.45. The fraction of sp³-hybridized carbons (Fsp3) is 0.294. The topological polar surface area (TPSA) is 12.0 Å². The number of nitrogens with one attached hydrogen (secondary N) is 1. The third-order valence-electron chi connectivity index (χ3n) is 4.02. The summed E-state index contributed by atoms with van der Waals surface area (Å²) in [6, 6.07) is 15.4. The van der Waals surface area contributed by atoms with Gasteiger partial charge in [0.25, 0.3) is 0 Å². The van der Waals surface area contributed by atoms with Gasteiger partial charge in [0.05, 0.1) is 5.69 Å². The molecule has 3 rings (SSSR count). The minimum atomic E-state index is 0.537. The molecule has 0 atom stereocenters. The summed E-state index contributed by atoms with van der Waals surface area (Å²) in [4.78, 5) is 0. The molecule has 1 nitrogen and oxygen atoms in total. The van der Waals surface area contributed by atoms with Crippen LogP contribution in [0.25, 0.3) is 0 Å². The highest BCUT2D eigenvalue weighted by Crippen LogP contribution is 2.40. The Morgan fingerprint density at radius 1 is 1.15 bits per heavy atom. The molecule has 1 fully saturated rings. The Labute approximate surface area is 133 Å². The lowest BCUT2D eigenvalue weighted by Crippen LogP contribution is -2.34. The predicted molar refractivity (Wildman–Crippen MR) is 89.7 cm³/mol. The molecule has 0 radical (unpaired) electrons. The van der Waals surface area contributed by atoms with E-state index in [9.17, 15) is 0 Å². The Balaban J connectivity index is 1.63. The van der Waals surface area contributed by atoms with Crippen LogP contribution in [-0.2, 0) is 0 Å². The van der Waals surface area contributed by atoms with E-state index in [4.69, 9.17) is 11.6 Å². The van der Waals surface area contributed by atoms with E-state index in [0.29, 0.717) is 12.0 Å². The van der Waals surface area contributed by atoms with Gasteiger partial charge in [-0.05, 0) is 64.9 Å². The maximum absolute atomic E-state index is 6.19. The summed E-state index contributed by atoms with van der Waals surface area (Å²) in [5, 5.41) is 4.40. The van der Waals surface area contributed by atoms with Gasteiger partial charge in [0.2, 0.25) is 0 Å². The van der Waals surface area contributed by atoms with Gasteiger partial charge in [-0.3, -0.25) is 0 Å². The first-order chi connectivity index (χ1) is 9.63. The van der Waals surface area contributed by atoms with Gasteiger partial charge in [0, 0.05) is 15.5 Å². The molecule has 104 valence electrons. The van der Waals surface area contributed by atoms with Crippen molar-refractivity contribution >= 4 is 33.2 Å². The van der Waals surface area contributed by atoms with Gasteiger partial charge in [-0.15, -0.1) is 0 Å². The third-order valence-corrected chi connectivity index (χ3v) is 5.08. The molecule has 0 saturated heterocycles. The summed E-state index contributed by atoms with van der Waals surface area (Å²) in [5.74, 6) is 0.688. The largest absolute Gasteiger partial charge is 0.381 e. The Hall–Kier alpha value is -0.990. The normalized spacial score (nSPS) is 21.4. The van der Waals surface area contributed by atoms with Crippen molar-refractivity contribution < 1.29 is 0 Å². The lowest BCUT2D eigenvalue weighted by Gasteiger charge is -2.37. The lowest BCUT2D eigenvalue weighted by atomic mass is 9.76. The number of hydrogen-bond acceptors (Lipinski definition) is 1. The Morgan fingerprint density at radius 3 is 2.55 bits per heavy atom. The van der Waals surface area contributed by atoms with Crippen molar-refractivity contribution in [3.8, 4) is 0 Å². The second-order valence-electron chi connectivity index (χ2n) is 5.50. The number of halogens is 2. The van der Waals surface area contributed by atoms with Crippen LogP contribution >= 0.6 is 27.5 Å². The molecule has 1 aliphatic rings. The van der Waals surface area contributed by atoms with E-state index in [1.807, 2.05) is 13.0 Å². The van der Waals surface area contributed by atoms with Crippen LogP contribution in [-0.4, -0.2) is 6.04 Å². The molecule has 0 unspecified atom stereocenters. The molecule has 3 heteroatoms. The number of hydrogen-bond donors (Lipinski definition) is 1. The Morgan fingerprint density at radius 2 is 1.85 bits per heavy atom. The standard InChI is InChI=1S/C17H17BrClN/c1-11-7-15(18)17(10-16(11)19)20-14-8-13(9-14)12-5-3-2-4-6-12/h2-7,10,13-14,20H,8-9H2,1H3. The number of aryl methyl sites for hydroxylation is 1. The molecule has 0 amide bonds. The second-order valence-corrected chi connectivity index (χ2v) is 6.76. The van der Waals surface area contributed by atoms with Crippen LogP contribution in [0.5, 0.6) is 0 Å². The average molecular weight is 351 g/mol. The lowest BCUT2D eigenvalue weighted by molar-refractivity contribution is 0.374. The van der Waals surface area contributed by atoms with E-state index in [1.165, 1.54) is 18.4 Å². The molecule has 2 aromatic carbocycles. The molecule has 2 aromatic rings. The zero-order chi connectivity index (χ0) is 14.1. The average Bonchev–Trinajstić information content (AvgIpc) is 2.40. The predicted octanol–water partition coefficient (Wildman–Crippen LogP) is 5.77. The number of benzene rings is 2. The maximum atomic E-state index is 6.19. The molecule has 0 aromatic heterocycles. The first kappa shape index (κ1) is 14.0. The smallest absolute Gasteiger partial charge is 0.0501 e. The first-order valence-electron chi connectivity index (χ1n) is 6.90. The van der Waals surface area contributed by atoms with Gasteiger partial charge in [-0.1, -0.05) is 41.9 Å². The minimum Gasteiger partial charge on any atom is -0.381 e. The Kier molecular flexibility index (Phi) is 4.04. The summed E-state index contributed by atoms with van der Waals surface area (Å²) >= 11 is 9.80. The zero-order valence-electron chi connectivity index (χ0n) is 11.4. The van der Waals surface area contributed by atoms with Gasteiger partial charge in [0.1, 0.15) is 0 Å². The van der Waals surface area contributed by atoms with Crippen molar-refractivity contribution in [1.29, 1.82) is 0 Å². The van der Waals surface area contributed by atoms with Crippen LogP contribution < -0.4 is 5.32 Å². The van der Waals surface area contributed by atoms with Crippen molar-refractivity contribution in [2.24, 2.45) is 0 Å². The summed E-state index contributed by atoms with van der Waals surface area (Å²) in [5.41, 5.74) is 3.64. The molecule has 0 heterocycles. The number of anilines is 1. The van der Waals surface area contributed by atoms with Gasteiger partial charge < -0.3 is 5.32 Å². The van der Waals surface area contributed by atoms with Crippen molar-refractivity contribution in [3.05, 3.63) is 63.1 Å². The summed E-state index contributed by atoms with van der Waals surface area (Å²) < 4.78 is 1.09. The molecular formula is C17H17BrClN. The molecule has 0 aliphatic heterocycles. The van der Waals surface area contributed by atoms with Crippen molar-refractivity contribution in [2.75, 3.05) is 5.32 Å². The molecule has 20 heavy (non-hydrogen) atoms. The quantitative estimate of drug-likeness (QED) is 0.741. The van der Waals surface area contributed by atoms with Crippen LogP contribution in [0.1, 0.15) is 29.9 Å². The van der Waals surface area contributed by atoms with E-state index in [2.05, 4.69) is 57.6 Å². The van der Waals surface area contributed by atoms with Crippen molar-refractivity contribution in [1.82, 2.24) is 0 Å². The van der Waals surface area contributed by atoms with Gasteiger partial charge in [-0.2, -0.15) is 0 Å². The van der Waals surface area contributed by atoms with Crippen LogP contribution in [0.15, 0.2) is 46.9 Å². The second kappa shape index (κ2) is 5.79. The molecule has 0 bridgehead atoms. The van der Waals surface area contributed by atoms with Crippen LogP contribution in [0.4, 0.5) is 5.69 Å². The highest BCUT2D eigenvalue weighted by atomic mass is 79.9. The van der Waals surface area contributed by atoms with Crippen LogP contribution in [0.2, 0.25) is 5.02 Å². The van der Waals surface area contributed by atoms with Gasteiger partial charge in [-0.25, -0.2) is 0 Å². The SMILES string of the molecule is Cc1cc(Br)c(NC2CC(c3ccccc3)C2)cc1Cl.